The van der Waals surface area contributed by atoms with Gasteiger partial charge < -0.3 is 35.4 Å². The number of aromatic nitrogens is 1. The number of nitrogens with one attached hydrogen (secondary N) is 1. The lowest BCUT2D eigenvalue weighted by Gasteiger charge is -2.13. The van der Waals surface area contributed by atoms with E-state index in [-0.39, 0.29) is 5.94 Å². The van der Waals surface area contributed by atoms with Gasteiger partial charge in [-0.25, -0.2) is 4.98 Å². The highest BCUT2D eigenvalue weighted by Crippen LogP contribution is 2.01. The number of pyridine rings is 1. The van der Waals surface area contributed by atoms with Crippen molar-refractivity contribution in [3.63, 3.8) is 0 Å². The van der Waals surface area contributed by atoms with Crippen LogP contribution in [0.2, 0.25) is 0 Å². The van der Waals surface area contributed by atoms with E-state index in [9.17, 15) is 9.82 Å². The van der Waals surface area contributed by atoms with E-state index in [1.165, 1.54) is 0 Å². The first-order valence-corrected chi connectivity index (χ1v) is 7.29. The highest BCUT2D eigenvalue weighted by atomic mass is 16.6. The van der Waals surface area contributed by atoms with Crippen LogP contribution in [-0.4, -0.2) is 67.3 Å². The molecule has 10 heteroatoms. The first-order valence-electron chi connectivity index (χ1n) is 7.29. The van der Waals surface area contributed by atoms with Crippen LogP contribution in [0, 0.1) is 0 Å². The summed E-state index contributed by atoms with van der Waals surface area (Å²) in [6.45, 7) is 2.63. The minimum atomic E-state index is -0.833. The van der Waals surface area contributed by atoms with Gasteiger partial charge in [0.05, 0.1) is 25.8 Å². The summed E-state index contributed by atoms with van der Waals surface area (Å²) >= 11 is 0. The van der Waals surface area contributed by atoms with E-state index in [0.717, 1.165) is 18.8 Å². The molecule has 1 aliphatic heterocycles. The molecule has 0 saturated carbocycles. The molecule has 24 heavy (non-hydrogen) atoms. The molecule has 0 aliphatic carbocycles. The number of ether oxygens (including phenoxy) is 1. The lowest BCUT2D eigenvalue weighted by Crippen LogP contribution is -2.45. The fourth-order valence-electron chi connectivity index (χ4n) is 1.58. The quantitative estimate of drug-likeness (QED) is 0.407. The van der Waals surface area contributed by atoms with Crippen molar-refractivity contribution in [2.45, 2.75) is 19.3 Å². The van der Waals surface area contributed by atoms with Crippen LogP contribution in [0.25, 0.3) is 0 Å². The van der Waals surface area contributed by atoms with E-state index in [1.807, 2.05) is 0 Å². The number of hydrogen-bond donors (Lipinski definition) is 4. The highest BCUT2D eigenvalue weighted by Gasteiger charge is 2.27. The minimum Gasteiger partial charge on any atom is -0.481 e. The van der Waals surface area contributed by atoms with Gasteiger partial charge in [-0.1, -0.05) is 0 Å². The molecule has 1 unspecified atom stereocenters. The average molecular weight is 341 g/mol. The zero-order valence-corrected chi connectivity index (χ0v) is 13.8. The number of nitrogens with two attached hydrogens (primary N) is 1. The maximum atomic E-state index is 10.0. The number of rotatable bonds is 3. The number of nitrogens with zero attached hydrogens (tertiary/aromatic N) is 1. The zero-order chi connectivity index (χ0) is 18.4. The fourth-order valence-corrected chi connectivity index (χ4v) is 1.58. The van der Waals surface area contributed by atoms with E-state index in [2.05, 4.69) is 10.3 Å². The number of nitrogen functional groups attached to an aromatic ring is 1. The summed E-state index contributed by atoms with van der Waals surface area (Å²) in [6.07, 6.45) is 2.84. The van der Waals surface area contributed by atoms with Crippen molar-refractivity contribution in [1.29, 1.82) is 0 Å². The smallest absolute Gasteiger partial charge is 0.474 e. The van der Waals surface area contributed by atoms with Crippen molar-refractivity contribution in [1.82, 2.24) is 10.3 Å². The Morgan fingerprint density at radius 3 is 2.79 bits per heavy atom. The number of aldehydes is 1. The zero-order valence-electron chi connectivity index (χ0n) is 13.8. The van der Waals surface area contributed by atoms with Gasteiger partial charge in [-0.15, -0.1) is 0 Å². The van der Waals surface area contributed by atoms with Gasteiger partial charge in [0.2, 0.25) is 0 Å². The van der Waals surface area contributed by atoms with Gasteiger partial charge in [0.15, 0.2) is 0 Å². The molecule has 0 spiro atoms. The van der Waals surface area contributed by atoms with Crippen LogP contribution in [0.5, 0.6) is 0 Å². The van der Waals surface area contributed by atoms with E-state index >= 15 is 0 Å². The first kappa shape index (κ1) is 22.0. The molecule has 134 valence electrons. The third-order valence-electron chi connectivity index (χ3n) is 2.69. The molecule has 0 radical (unpaired) electrons. The number of carbonyl (C=O) groups is 2. The fraction of sp³-hybridized carbons (Fsp3) is 0.500. The summed E-state index contributed by atoms with van der Waals surface area (Å²) < 4.78 is 10.1. The topological polar surface area (TPSA) is 144 Å². The predicted octanol–water partition coefficient (Wildman–Crippen LogP) is -0.863. The molecule has 1 fully saturated rings. The number of carboxylic acids is 1. The summed E-state index contributed by atoms with van der Waals surface area (Å²) in [5, 5.41) is 19.5. The maximum Gasteiger partial charge on any atom is 0.474 e. The summed E-state index contributed by atoms with van der Waals surface area (Å²) in [5.74, 6) is -0.471. The predicted molar refractivity (Wildman–Crippen MR) is 89.3 cm³/mol. The van der Waals surface area contributed by atoms with Crippen LogP contribution in [0.4, 0.5) is 5.82 Å². The van der Waals surface area contributed by atoms with Crippen LogP contribution in [-0.2, 0) is 25.4 Å². The Labute approximate surface area is 141 Å². The van der Waals surface area contributed by atoms with Crippen LogP contribution < -0.4 is 11.1 Å². The second-order valence-corrected chi connectivity index (χ2v) is 4.71. The van der Waals surface area contributed by atoms with Gasteiger partial charge in [0.25, 0.3) is 5.97 Å². The number of likely N-dealkylation sites (N-methyl/N-ethyl adjacent to an activating group) is 1. The van der Waals surface area contributed by atoms with Gasteiger partial charge in [-0.2, -0.15) is 0 Å². The second kappa shape index (κ2) is 13.4. The number of carboxylic acid groups (broad SMARTS) is 1. The maximum absolute atomic E-state index is 10.0. The third-order valence-corrected chi connectivity index (χ3v) is 2.69. The van der Waals surface area contributed by atoms with Crippen molar-refractivity contribution >= 4 is 25.2 Å². The Bertz CT molecular complexity index is 487. The van der Waals surface area contributed by atoms with Crippen LogP contribution >= 0.6 is 0 Å². The van der Waals surface area contributed by atoms with E-state index in [0.29, 0.717) is 32.1 Å². The minimum absolute atomic E-state index is 0.0949. The van der Waals surface area contributed by atoms with Gasteiger partial charge >= 0.3 is 7.12 Å². The Kier molecular flexibility index (Phi) is 12.3. The van der Waals surface area contributed by atoms with Gasteiger partial charge in [-0.05, 0) is 24.7 Å². The summed E-state index contributed by atoms with van der Waals surface area (Å²) in [4.78, 5) is 22.8. The molecular formula is C14H24BN3O6. The molecule has 1 aromatic heterocycles. The Morgan fingerprint density at radius 2 is 2.25 bits per heavy atom. The summed E-state index contributed by atoms with van der Waals surface area (Å²) in [7, 11) is 1.04. The SMILES string of the molecule is CC(=O)O.CNC1COCCOB1O.Nc1cc(CC=O)ccn1. The standard InChI is InChI=1S/C7H8N2O.C5H12BNO3.C2H4O2/c8-7-5-6(2-4-10)1-3-9-7;1-7-5-4-9-2-3-10-6(5)8;1-2(3)4/h1,3-5H,2H2,(H2,8,9);5,7-8H,2-4H2,1H3;1H3,(H,3,4). The monoisotopic (exact) mass is 341 g/mol. The lowest BCUT2D eigenvalue weighted by atomic mass is 9.79. The number of hydrogen-bond acceptors (Lipinski definition) is 8. The highest BCUT2D eigenvalue weighted by molar-refractivity contribution is 6.45. The average Bonchev–Trinajstić information content (AvgIpc) is 2.72. The summed E-state index contributed by atoms with van der Waals surface area (Å²) in [6, 6.07) is 3.46. The molecular weight excluding hydrogens is 317 g/mol. The van der Waals surface area contributed by atoms with Crippen LogP contribution in [0.3, 0.4) is 0 Å². The number of carbonyl (C=O) groups excluding carboxylic acids is 1. The molecule has 0 bridgehead atoms. The summed E-state index contributed by atoms with van der Waals surface area (Å²) in [5.41, 5.74) is 6.27. The second-order valence-electron chi connectivity index (χ2n) is 4.71. The lowest BCUT2D eigenvalue weighted by molar-refractivity contribution is -0.134. The Hall–Kier alpha value is -2.01. The molecule has 2 heterocycles. The van der Waals surface area contributed by atoms with Crippen molar-refractivity contribution in [2.24, 2.45) is 0 Å². The largest absolute Gasteiger partial charge is 0.481 e. The van der Waals surface area contributed by atoms with Crippen molar-refractivity contribution in [3.8, 4) is 0 Å². The van der Waals surface area contributed by atoms with Gasteiger partial charge in [0.1, 0.15) is 12.1 Å². The molecule has 1 aliphatic rings. The number of anilines is 1. The molecule has 9 nitrogen and oxygen atoms in total. The number of aliphatic carboxylic acids is 1. The molecule has 2 rings (SSSR count). The van der Waals surface area contributed by atoms with Crippen molar-refractivity contribution < 1.29 is 29.1 Å². The van der Waals surface area contributed by atoms with Crippen molar-refractivity contribution in [3.05, 3.63) is 23.9 Å². The van der Waals surface area contributed by atoms with Gasteiger partial charge in [-0.3, -0.25) is 4.79 Å². The van der Waals surface area contributed by atoms with Crippen LogP contribution in [0.15, 0.2) is 18.3 Å². The molecule has 1 aromatic rings. The molecule has 1 atom stereocenters. The van der Waals surface area contributed by atoms with Crippen molar-refractivity contribution in [2.75, 3.05) is 32.6 Å². The van der Waals surface area contributed by atoms with E-state index in [1.54, 1.807) is 25.4 Å². The van der Waals surface area contributed by atoms with Gasteiger partial charge in [0, 0.05) is 19.5 Å². The first-order chi connectivity index (χ1) is 11.4. The van der Waals surface area contributed by atoms with Crippen LogP contribution in [0.1, 0.15) is 12.5 Å². The normalized spacial score (nSPS) is 16.6. The Morgan fingerprint density at radius 1 is 1.58 bits per heavy atom. The molecule has 5 N–H and O–H groups in total. The van der Waals surface area contributed by atoms with E-state index < -0.39 is 13.1 Å². The third kappa shape index (κ3) is 11.5. The molecule has 0 aromatic carbocycles. The van der Waals surface area contributed by atoms with E-state index in [4.69, 9.17) is 25.0 Å². The molecule has 0 amide bonds. The molecule has 1 saturated heterocycles. The Balaban J connectivity index is 0.000000363.